The Kier molecular flexibility index (Phi) is 3.35. The van der Waals surface area contributed by atoms with Crippen LogP contribution in [-0.2, 0) is 0 Å². The number of H-pyrrole nitrogens is 1. The number of pyridine rings is 1. The summed E-state index contributed by atoms with van der Waals surface area (Å²) in [6.07, 6.45) is 9.34. The van der Waals surface area contributed by atoms with Crippen LogP contribution in [0, 0.1) is 0 Å². The summed E-state index contributed by atoms with van der Waals surface area (Å²) in [5.41, 5.74) is 5.30. The van der Waals surface area contributed by atoms with E-state index in [1.807, 2.05) is 59.6 Å². The van der Waals surface area contributed by atoms with Gasteiger partial charge >= 0.3 is 0 Å². The second-order valence-corrected chi connectivity index (χ2v) is 6.05. The SMILES string of the molecule is C(=Cn1ncc2ccc(-c3ccncc3)cc21)c1nc2ccccc2[nH]1. The minimum atomic E-state index is 0.806. The number of para-hydroxylation sites is 2. The molecule has 0 aliphatic carbocycles. The van der Waals surface area contributed by atoms with Crippen LogP contribution in [0.5, 0.6) is 0 Å². The quantitative estimate of drug-likeness (QED) is 0.523. The normalized spacial score (nSPS) is 11.7. The van der Waals surface area contributed by atoms with E-state index < -0.39 is 0 Å². The Morgan fingerprint density at radius 3 is 2.69 bits per heavy atom. The number of nitrogens with zero attached hydrogens (tertiary/aromatic N) is 4. The van der Waals surface area contributed by atoms with Crippen LogP contribution < -0.4 is 0 Å². The summed E-state index contributed by atoms with van der Waals surface area (Å²) >= 11 is 0. The van der Waals surface area contributed by atoms with Crippen molar-refractivity contribution in [3.8, 4) is 11.1 Å². The molecule has 0 atom stereocenters. The molecule has 5 heteroatoms. The second kappa shape index (κ2) is 5.97. The Balaban J connectivity index is 1.54. The third kappa shape index (κ3) is 2.56. The van der Waals surface area contributed by atoms with Gasteiger partial charge in [0, 0.05) is 24.0 Å². The lowest BCUT2D eigenvalue weighted by Gasteiger charge is -2.02. The van der Waals surface area contributed by atoms with Gasteiger partial charge in [0.1, 0.15) is 5.82 Å². The highest BCUT2D eigenvalue weighted by molar-refractivity contribution is 5.86. The number of hydrogen-bond acceptors (Lipinski definition) is 3. The van der Waals surface area contributed by atoms with Crippen molar-refractivity contribution in [3.63, 3.8) is 0 Å². The van der Waals surface area contributed by atoms with Crippen molar-refractivity contribution >= 4 is 34.2 Å². The van der Waals surface area contributed by atoms with Gasteiger partial charge in [-0.2, -0.15) is 5.10 Å². The molecule has 5 nitrogen and oxygen atoms in total. The molecule has 5 rings (SSSR count). The summed E-state index contributed by atoms with van der Waals surface area (Å²) in [5.74, 6) is 0.806. The number of imidazole rings is 1. The van der Waals surface area contributed by atoms with Gasteiger partial charge in [-0.15, -0.1) is 0 Å². The lowest BCUT2D eigenvalue weighted by atomic mass is 10.1. The van der Waals surface area contributed by atoms with E-state index >= 15 is 0 Å². The number of aromatic amines is 1. The van der Waals surface area contributed by atoms with Crippen LogP contribution in [0.2, 0.25) is 0 Å². The first-order valence-corrected chi connectivity index (χ1v) is 8.37. The summed E-state index contributed by atoms with van der Waals surface area (Å²) in [6.45, 7) is 0. The number of nitrogens with one attached hydrogen (secondary N) is 1. The first kappa shape index (κ1) is 14.6. The zero-order valence-electron chi connectivity index (χ0n) is 13.9. The molecule has 26 heavy (non-hydrogen) atoms. The second-order valence-electron chi connectivity index (χ2n) is 6.05. The van der Waals surface area contributed by atoms with Gasteiger partial charge in [0.25, 0.3) is 0 Å². The largest absolute Gasteiger partial charge is 0.338 e. The fourth-order valence-corrected chi connectivity index (χ4v) is 3.07. The van der Waals surface area contributed by atoms with E-state index in [2.05, 4.69) is 38.2 Å². The average molecular weight is 337 g/mol. The molecular formula is C21H15N5. The van der Waals surface area contributed by atoms with E-state index in [1.54, 1.807) is 12.4 Å². The summed E-state index contributed by atoms with van der Waals surface area (Å²) in [6, 6.07) is 18.3. The highest BCUT2D eigenvalue weighted by Gasteiger charge is 2.04. The highest BCUT2D eigenvalue weighted by Crippen LogP contribution is 2.24. The lowest BCUT2D eigenvalue weighted by Crippen LogP contribution is -1.89. The van der Waals surface area contributed by atoms with Gasteiger partial charge in [-0.25, -0.2) is 9.67 Å². The molecule has 0 aliphatic rings. The van der Waals surface area contributed by atoms with Crippen LogP contribution in [0.25, 0.3) is 45.3 Å². The van der Waals surface area contributed by atoms with E-state index in [1.165, 1.54) is 0 Å². The molecular weight excluding hydrogens is 322 g/mol. The molecule has 0 radical (unpaired) electrons. The van der Waals surface area contributed by atoms with Gasteiger partial charge in [0.05, 0.1) is 22.7 Å². The predicted octanol–water partition coefficient (Wildman–Crippen LogP) is 4.60. The van der Waals surface area contributed by atoms with E-state index in [0.717, 1.165) is 38.9 Å². The molecule has 0 bridgehead atoms. The van der Waals surface area contributed by atoms with Gasteiger partial charge in [-0.3, -0.25) is 4.98 Å². The average Bonchev–Trinajstić information content (AvgIpc) is 3.30. The van der Waals surface area contributed by atoms with Crippen LogP contribution in [0.4, 0.5) is 0 Å². The van der Waals surface area contributed by atoms with E-state index in [4.69, 9.17) is 0 Å². The third-order valence-corrected chi connectivity index (χ3v) is 4.39. The molecule has 0 unspecified atom stereocenters. The Hall–Kier alpha value is -3.73. The first-order chi connectivity index (χ1) is 12.9. The van der Waals surface area contributed by atoms with Gasteiger partial charge in [0.2, 0.25) is 0 Å². The standard InChI is InChI=1S/C21H15N5/c1-2-4-19-18(3-1)24-21(25-19)9-12-26-20-13-16(5-6-17(20)14-23-26)15-7-10-22-11-8-15/h1-14H,(H,24,25). The topological polar surface area (TPSA) is 59.4 Å². The number of benzene rings is 2. The van der Waals surface area contributed by atoms with Crippen LogP contribution in [-0.4, -0.2) is 24.7 Å². The van der Waals surface area contributed by atoms with Crippen molar-refractivity contribution in [2.45, 2.75) is 0 Å². The number of hydrogen-bond donors (Lipinski definition) is 1. The molecule has 0 aliphatic heterocycles. The Bertz CT molecular complexity index is 1200. The zero-order chi connectivity index (χ0) is 17.3. The third-order valence-electron chi connectivity index (χ3n) is 4.39. The minimum Gasteiger partial charge on any atom is -0.338 e. The maximum absolute atomic E-state index is 4.57. The van der Waals surface area contributed by atoms with E-state index in [0.29, 0.717) is 0 Å². The zero-order valence-corrected chi connectivity index (χ0v) is 13.9. The molecule has 0 amide bonds. The number of rotatable bonds is 3. The van der Waals surface area contributed by atoms with Crippen molar-refractivity contribution in [2.24, 2.45) is 0 Å². The minimum absolute atomic E-state index is 0.806. The Morgan fingerprint density at radius 2 is 1.81 bits per heavy atom. The van der Waals surface area contributed by atoms with Crippen LogP contribution in [0.1, 0.15) is 5.82 Å². The Morgan fingerprint density at radius 1 is 0.923 bits per heavy atom. The maximum atomic E-state index is 4.57. The molecule has 5 aromatic rings. The molecule has 3 aromatic heterocycles. The molecule has 2 aromatic carbocycles. The Labute approximate surface area is 149 Å². The fraction of sp³-hybridized carbons (Fsp3) is 0. The van der Waals surface area contributed by atoms with Gasteiger partial charge in [-0.1, -0.05) is 24.3 Å². The maximum Gasteiger partial charge on any atom is 0.132 e. The molecule has 0 spiro atoms. The summed E-state index contributed by atoms with van der Waals surface area (Å²) < 4.78 is 1.87. The summed E-state index contributed by atoms with van der Waals surface area (Å²) in [7, 11) is 0. The molecule has 3 heterocycles. The van der Waals surface area contributed by atoms with Crippen LogP contribution in [0.3, 0.4) is 0 Å². The van der Waals surface area contributed by atoms with E-state index in [9.17, 15) is 0 Å². The van der Waals surface area contributed by atoms with E-state index in [-0.39, 0.29) is 0 Å². The van der Waals surface area contributed by atoms with Crippen LogP contribution >= 0.6 is 0 Å². The van der Waals surface area contributed by atoms with Gasteiger partial charge < -0.3 is 4.98 Å². The smallest absolute Gasteiger partial charge is 0.132 e. The number of aromatic nitrogens is 5. The van der Waals surface area contributed by atoms with Crippen molar-refractivity contribution in [2.75, 3.05) is 0 Å². The monoisotopic (exact) mass is 337 g/mol. The first-order valence-electron chi connectivity index (χ1n) is 8.37. The lowest BCUT2D eigenvalue weighted by molar-refractivity contribution is 0.968. The fourth-order valence-electron chi connectivity index (χ4n) is 3.07. The molecule has 0 saturated heterocycles. The summed E-state index contributed by atoms with van der Waals surface area (Å²) in [5, 5.41) is 5.57. The molecule has 1 N–H and O–H groups in total. The number of fused-ring (bicyclic) bond motifs is 2. The van der Waals surface area contributed by atoms with Crippen molar-refractivity contribution in [1.29, 1.82) is 0 Å². The van der Waals surface area contributed by atoms with Gasteiger partial charge in [-0.05, 0) is 47.5 Å². The van der Waals surface area contributed by atoms with Crippen molar-refractivity contribution < 1.29 is 0 Å². The molecule has 0 fully saturated rings. The molecule has 0 saturated carbocycles. The van der Waals surface area contributed by atoms with Crippen molar-refractivity contribution in [1.82, 2.24) is 24.7 Å². The predicted molar refractivity (Wildman–Crippen MR) is 104 cm³/mol. The highest BCUT2D eigenvalue weighted by atomic mass is 15.3. The van der Waals surface area contributed by atoms with Gasteiger partial charge in [0.15, 0.2) is 0 Å². The van der Waals surface area contributed by atoms with Crippen molar-refractivity contribution in [3.05, 3.63) is 79.0 Å². The van der Waals surface area contributed by atoms with Crippen LogP contribution in [0.15, 0.2) is 73.2 Å². The summed E-state index contributed by atoms with van der Waals surface area (Å²) in [4.78, 5) is 11.9. The molecule has 124 valence electrons.